The topological polar surface area (TPSA) is 78.2 Å². The van der Waals surface area contributed by atoms with E-state index in [1.807, 2.05) is 18.2 Å². The first kappa shape index (κ1) is 15.8. The molecule has 6 heteroatoms. The van der Waals surface area contributed by atoms with Crippen molar-refractivity contribution < 1.29 is 19.7 Å². The summed E-state index contributed by atoms with van der Waals surface area (Å²) in [5.74, 6) is 1.42. The van der Waals surface area contributed by atoms with Crippen LogP contribution >= 0.6 is 0 Å². The van der Waals surface area contributed by atoms with Gasteiger partial charge in [-0.1, -0.05) is 0 Å². The van der Waals surface area contributed by atoms with Gasteiger partial charge in [-0.3, -0.25) is 10.1 Å². The van der Waals surface area contributed by atoms with E-state index in [4.69, 9.17) is 9.47 Å². The van der Waals surface area contributed by atoms with Crippen LogP contribution in [0.1, 0.15) is 11.1 Å². The Hall–Kier alpha value is -2.60. The minimum Gasteiger partial charge on any atom is -0.493 e. The molecule has 0 bridgehead atoms. The minimum absolute atomic E-state index is 0.114. The van der Waals surface area contributed by atoms with E-state index >= 15 is 0 Å². The lowest BCUT2D eigenvalue weighted by Crippen LogP contribution is -2.80. The minimum atomic E-state index is -0.392. The van der Waals surface area contributed by atoms with E-state index in [9.17, 15) is 10.1 Å². The monoisotopic (exact) mass is 303 g/mol. The van der Waals surface area contributed by atoms with Gasteiger partial charge in [0.25, 0.3) is 5.69 Å². The summed E-state index contributed by atoms with van der Waals surface area (Å²) in [6.07, 6.45) is 0. The summed E-state index contributed by atoms with van der Waals surface area (Å²) in [5.41, 5.74) is 2.29. The van der Waals surface area contributed by atoms with E-state index in [0.29, 0.717) is 11.5 Å². The van der Waals surface area contributed by atoms with Gasteiger partial charge < -0.3 is 14.8 Å². The van der Waals surface area contributed by atoms with E-state index in [1.54, 1.807) is 26.4 Å². The number of nitrogens with zero attached hydrogens (tertiary/aromatic N) is 1. The number of quaternary nitrogens is 1. The number of benzene rings is 2. The van der Waals surface area contributed by atoms with Gasteiger partial charge in [-0.05, 0) is 30.3 Å². The number of methoxy groups -OCH3 is 2. The van der Waals surface area contributed by atoms with Gasteiger partial charge in [-0.15, -0.1) is 0 Å². The fourth-order valence-corrected chi connectivity index (χ4v) is 2.17. The number of non-ortho nitro benzene ring substituents is 1. The molecule has 2 N–H and O–H groups in total. The summed E-state index contributed by atoms with van der Waals surface area (Å²) in [6, 6.07) is 12.4. The van der Waals surface area contributed by atoms with Gasteiger partial charge >= 0.3 is 0 Å². The molecule has 0 saturated carbocycles. The molecule has 0 aliphatic carbocycles. The highest BCUT2D eigenvalue weighted by Crippen LogP contribution is 2.27. The SMILES string of the molecule is COc1ccc(C[NH2+]Cc2ccc([N+](=O)[O-])cc2)cc1OC. The van der Waals surface area contributed by atoms with Crippen LogP contribution in [0, 0.1) is 10.1 Å². The molecule has 0 aromatic heterocycles. The Labute approximate surface area is 128 Å². The normalized spacial score (nSPS) is 10.3. The van der Waals surface area contributed by atoms with Crippen LogP contribution in [-0.2, 0) is 13.1 Å². The molecule has 0 aliphatic heterocycles. The van der Waals surface area contributed by atoms with E-state index in [0.717, 1.165) is 24.2 Å². The summed E-state index contributed by atoms with van der Waals surface area (Å²) >= 11 is 0. The molecular weight excluding hydrogens is 284 g/mol. The Bertz CT molecular complexity index is 641. The highest BCUT2D eigenvalue weighted by Gasteiger charge is 2.07. The Morgan fingerprint density at radius 3 is 2.14 bits per heavy atom. The molecule has 2 aromatic carbocycles. The van der Waals surface area contributed by atoms with Crippen molar-refractivity contribution in [3.05, 3.63) is 63.7 Å². The van der Waals surface area contributed by atoms with Crippen LogP contribution in [0.5, 0.6) is 11.5 Å². The lowest BCUT2D eigenvalue weighted by Gasteiger charge is -2.09. The van der Waals surface area contributed by atoms with Crippen LogP contribution in [0.25, 0.3) is 0 Å². The van der Waals surface area contributed by atoms with Gasteiger partial charge in [0.15, 0.2) is 11.5 Å². The van der Waals surface area contributed by atoms with Crippen molar-refractivity contribution in [2.24, 2.45) is 0 Å². The van der Waals surface area contributed by atoms with Crippen LogP contribution in [-0.4, -0.2) is 19.1 Å². The van der Waals surface area contributed by atoms with Crippen molar-refractivity contribution >= 4 is 5.69 Å². The van der Waals surface area contributed by atoms with Crippen molar-refractivity contribution in [1.29, 1.82) is 0 Å². The molecule has 0 fully saturated rings. The van der Waals surface area contributed by atoms with Crippen LogP contribution in [0.4, 0.5) is 5.69 Å². The highest BCUT2D eigenvalue weighted by atomic mass is 16.6. The molecule has 0 unspecified atom stereocenters. The fourth-order valence-electron chi connectivity index (χ4n) is 2.17. The molecule has 0 aliphatic rings. The smallest absolute Gasteiger partial charge is 0.269 e. The van der Waals surface area contributed by atoms with Crippen molar-refractivity contribution in [3.8, 4) is 11.5 Å². The van der Waals surface area contributed by atoms with Gasteiger partial charge in [0.05, 0.1) is 19.1 Å². The van der Waals surface area contributed by atoms with Gasteiger partial charge in [-0.2, -0.15) is 0 Å². The number of hydrogen-bond acceptors (Lipinski definition) is 4. The van der Waals surface area contributed by atoms with Crippen molar-refractivity contribution in [2.45, 2.75) is 13.1 Å². The van der Waals surface area contributed by atoms with Crippen LogP contribution < -0.4 is 14.8 Å². The molecule has 116 valence electrons. The second kappa shape index (κ2) is 7.42. The predicted molar refractivity (Wildman–Crippen MR) is 82.0 cm³/mol. The molecular formula is C16H19N2O4+. The Morgan fingerprint density at radius 2 is 1.55 bits per heavy atom. The molecule has 0 atom stereocenters. The first-order valence-electron chi connectivity index (χ1n) is 6.90. The third-order valence-corrected chi connectivity index (χ3v) is 3.36. The number of nitro benzene ring substituents is 1. The van der Waals surface area contributed by atoms with Gasteiger partial charge in [0.2, 0.25) is 0 Å². The maximum Gasteiger partial charge on any atom is 0.269 e. The lowest BCUT2D eigenvalue weighted by atomic mass is 10.1. The lowest BCUT2D eigenvalue weighted by molar-refractivity contribution is -0.686. The van der Waals surface area contributed by atoms with Crippen LogP contribution in [0.15, 0.2) is 42.5 Å². The largest absolute Gasteiger partial charge is 0.493 e. The summed E-state index contributed by atoms with van der Waals surface area (Å²) in [7, 11) is 3.22. The molecule has 22 heavy (non-hydrogen) atoms. The van der Waals surface area contributed by atoms with Crippen molar-refractivity contribution in [2.75, 3.05) is 14.2 Å². The molecule has 0 spiro atoms. The van der Waals surface area contributed by atoms with E-state index in [-0.39, 0.29) is 5.69 Å². The predicted octanol–water partition coefficient (Wildman–Crippen LogP) is 1.88. The molecule has 2 aromatic rings. The zero-order chi connectivity index (χ0) is 15.9. The third-order valence-electron chi connectivity index (χ3n) is 3.36. The maximum atomic E-state index is 10.6. The Balaban J connectivity index is 1.92. The maximum absolute atomic E-state index is 10.6. The number of ether oxygens (including phenoxy) is 2. The first-order valence-corrected chi connectivity index (χ1v) is 6.90. The van der Waals surface area contributed by atoms with Gasteiger partial charge in [0, 0.05) is 23.3 Å². The fraction of sp³-hybridized carbons (Fsp3) is 0.250. The third kappa shape index (κ3) is 3.95. The van der Waals surface area contributed by atoms with E-state index in [2.05, 4.69) is 5.32 Å². The van der Waals surface area contributed by atoms with E-state index in [1.165, 1.54) is 12.1 Å². The highest BCUT2D eigenvalue weighted by molar-refractivity contribution is 5.42. The summed E-state index contributed by atoms with van der Waals surface area (Å²) in [5, 5.41) is 12.7. The average Bonchev–Trinajstić information content (AvgIpc) is 2.55. The molecule has 0 heterocycles. The second-order valence-corrected chi connectivity index (χ2v) is 4.81. The number of nitro groups is 1. The molecule has 0 saturated heterocycles. The zero-order valence-corrected chi connectivity index (χ0v) is 12.6. The molecule has 6 nitrogen and oxygen atoms in total. The number of hydrogen-bond donors (Lipinski definition) is 1. The van der Waals surface area contributed by atoms with Gasteiger partial charge in [-0.25, -0.2) is 0 Å². The standard InChI is InChI=1S/C16H18N2O4/c1-21-15-8-5-13(9-16(15)22-2)11-17-10-12-3-6-14(7-4-12)18(19)20/h3-9,17H,10-11H2,1-2H3/p+1. The second-order valence-electron chi connectivity index (χ2n) is 4.81. The van der Waals surface area contributed by atoms with Crippen LogP contribution in [0.3, 0.4) is 0 Å². The Kier molecular flexibility index (Phi) is 5.32. The molecule has 0 radical (unpaired) electrons. The Morgan fingerprint density at radius 1 is 0.955 bits per heavy atom. The quantitative estimate of drug-likeness (QED) is 0.625. The van der Waals surface area contributed by atoms with Crippen LogP contribution in [0.2, 0.25) is 0 Å². The number of rotatable bonds is 7. The molecule has 2 rings (SSSR count). The van der Waals surface area contributed by atoms with E-state index < -0.39 is 4.92 Å². The summed E-state index contributed by atoms with van der Waals surface area (Å²) < 4.78 is 10.5. The summed E-state index contributed by atoms with van der Waals surface area (Å²) in [4.78, 5) is 10.2. The number of nitrogens with two attached hydrogens (primary N) is 1. The van der Waals surface area contributed by atoms with Gasteiger partial charge in [0.1, 0.15) is 13.1 Å². The molecule has 0 amide bonds. The zero-order valence-electron chi connectivity index (χ0n) is 12.6. The van der Waals surface area contributed by atoms with Crippen molar-refractivity contribution in [3.63, 3.8) is 0 Å². The average molecular weight is 303 g/mol. The summed E-state index contributed by atoms with van der Waals surface area (Å²) in [6.45, 7) is 1.55. The first-order chi connectivity index (χ1) is 10.6. The van der Waals surface area contributed by atoms with Crippen molar-refractivity contribution in [1.82, 2.24) is 0 Å².